The summed E-state index contributed by atoms with van der Waals surface area (Å²) in [5, 5.41) is 9.74. The van der Waals surface area contributed by atoms with Gasteiger partial charge in [-0.1, -0.05) is 54.6 Å². The summed E-state index contributed by atoms with van der Waals surface area (Å²) in [6.07, 6.45) is -5.73. The third-order valence-electron chi connectivity index (χ3n) is 5.45. The molecule has 3 aromatic carbocycles. The molecule has 1 aliphatic heterocycles. The van der Waals surface area contributed by atoms with Gasteiger partial charge >= 0.3 is 23.9 Å². The maximum absolute atomic E-state index is 12.8. The zero-order valence-electron chi connectivity index (χ0n) is 18.9. The molecule has 0 saturated carbocycles. The van der Waals surface area contributed by atoms with Crippen LogP contribution in [0.5, 0.6) is 0 Å². The maximum atomic E-state index is 12.8. The number of hydrogen-bond donors (Lipinski definition) is 1. The first-order valence-electron chi connectivity index (χ1n) is 11.1. The van der Waals surface area contributed by atoms with Crippen LogP contribution in [0, 0.1) is 0 Å². The summed E-state index contributed by atoms with van der Waals surface area (Å²) in [6, 6.07) is 24.1. The lowest BCUT2D eigenvalue weighted by Crippen LogP contribution is -2.43. The summed E-state index contributed by atoms with van der Waals surface area (Å²) in [4.78, 5) is 49.9. The molecule has 1 aliphatic rings. The van der Waals surface area contributed by atoms with Crippen molar-refractivity contribution in [3.8, 4) is 0 Å². The number of benzene rings is 3. The molecule has 0 amide bonds. The van der Waals surface area contributed by atoms with E-state index in [1.807, 2.05) is 0 Å². The monoisotopic (exact) mass is 490 g/mol. The molecule has 1 heterocycles. The predicted octanol–water partition coefficient (Wildman–Crippen LogP) is 3.15. The van der Waals surface area contributed by atoms with Gasteiger partial charge in [0.2, 0.25) is 0 Å². The van der Waals surface area contributed by atoms with Gasteiger partial charge in [0, 0.05) is 0 Å². The summed E-state index contributed by atoms with van der Waals surface area (Å²) < 4.78 is 21.9. The van der Waals surface area contributed by atoms with Crippen LogP contribution in [0.15, 0.2) is 91.0 Å². The van der Waals surface area contributed by atoms with Crippen LogP contribution in [0.4, 0.5) is 0 Å². The van der Waals surface area contributed by atoms with Crippen LogP contribution in [0.1, 0.15) is 31.1 Å². The Kier molecular flexibility index (Phi) is 7.72. The van der Waals surface area contributed by atoms with Gasteiger partial charge in [-0.3, -0.25) is 0 Å². The van der Waals surface area contributed by atoms with Crippen molar-refractivity contribution in [1.29, 1.82) is 0 Å². The Morgan fingerprint density at radius 3 is 1.50 bits per heavy atom. The third kappa shape index (κ3) is 5.76. The van der Waals surface area contributed by atoms with Crippen LogP contribution in [0.25, 0.3) is 0 Å². The smallest absolute Gasteiger partial charge is 0.338 e. The van der Waals surface area contributed by atoms with Gasteiger partial charge in [0.15, 0.2) is 18.3 Å². The molecule has 0 bridgehead atoms. The highest BCUT2D eigenvalue weighted by Crippen LogP contribution is 2.29. The Hall–Kier alpha value is -4.50. The molecule has 1 fully saturated rings. The number of carboxylic acid groups (broad SMARTS) is 1. The highest BCUT2D eigenvalue weighted by Gasteiger charge is 2.53. The van der Waals surface area contributed by atoms with Crippen LogP contribution in [0.2, 0.25) is 0 Å². The van der Waals surface area contributed by atoms with Crippen LogP contribution >= 0.6 is 0 Å². The first-order valence-corrected chi connectivity index (χ1v) is 11.1. The number of hydrogen-bond acceptors (Lipinski definition) is 8. The van der Waals surface area contributed by atoms with E-state index in [9.17, 15) is 24.3 Å². The van der Waals surface area contributed by atoms with E-state index in [1.54, 1.807) is 66.7 Å². The normalized spacial score (nSPS) is 20.8. The van der Waals surface area contributed by atoms with Gasteiger partial charge in [-0.15, -0.1) is 0 Å². The molecule has 36 heavy (non-hydrogen) atoms. The van der Waals surface area contributed by atoms with Crippen LogP contribution in [-0.2, 0) is 23.7 Å². The standard InChI is InChI=1S/C27H22O9/c28-24(29)23-22(36-27(32)19-14-8-3-9-15-19)21(35-26(31)18-12-6-2-7-13-18)20(34-23)16-33-25(30)17-10-4-1-5-11-17/h1-15,20-23H,16H2,(H,28,29)/t20-,21-,22+,23-/m1/s1. The molecular weight excluding hydrogens is 468 g/mol. The molecule has 0 spiro atoms. The van der Waals surface area contributed by atoms with Gasteiger partial charge in [0.05, 0.1) is 16.7 Å². The van der Waals surface area contributed by atoms with Gasteiger partial charge in [0.25, 0.3) is 0 Å². The number of carboxylic acids is 1. The van der Waals surface area contributed by atoms with Gasteiger partial charge in [-0.05, 0) is 36.4 Å². The van der Waals surface area contributed by atoms with Gasteiger partial charge in [-0.2, -0.15) is 0 Å². The second-order valence-electron chi connectivity index (χ2n) is 7.87. The Bertz CT molecular complexity index is 1210. The molecule has 0 unspecified atom stereocenters. The summed E-state index contributed by atoms with van der Waals surface area (Å²) in [6.45, 7) is -0.441. The molecule has 184 valence electrons. The number of carbonyl (C=O) groups is 4. The molecule has 9 heteroatoms. The minimum atomic E-state index is -1.66. The van der Waals surface area contributed by atoms with Crippen molar-refractivity contribution < 1.29 is 43.2 Å². The lowest BCUT2D eigenvalue weighted by atomic mass is 10.1. The number of rotatable bonds is 8. The maximum Gasteiger partial charge on any atom is 0.338 e. The Labute approximate surface area is 206 Å². The van der Waals surface area contributed by atoms with E-state index < -0.39 is 54.9 Å². The second kappa shape index (κ2) is 11.3. The third-order valence-corrected chi connectivity index (χ3v) is 5.45. The number of esters is 3. The summed E-state index contributed by atoms with van der Waals surface area (Å²) in [5.74, 6) is -3.71. The molecule has 1 saturated heterocycles. The van der Waals surface area contributed by atoms with Crippen LogP contribution < -0.4 is 0 Å². The van der Waals surface area contributed by atoms with E-state index in [0.29, 0.717) is 0 Å². The van der Waals surface area contributed by atoms with Gasteiger partial charge < -0.3 is 24.1 Å². The molecule has 0 radical (unpaired) electrons. The van der Waals surface area contributed by atoms with Gasteiger partial charge in [-0.25, -0.2) is 19.2 Å². The van der Waals surface area contributed by atoms with E-state index >= 15 is 0 Å². The van der Waals surface area contributed by atoms with Crippen molar-refractivity contribution in [2.24, 2.45) is 0 Å². The second-order valence-corrected chi connectivity index (χ2v) is 7.87. The lowest BCUT2D eigenvalue weighted by molar-refractivity contribution is -0.154. The highest BCUT2D eigenvalue weighted by molar-refractivity contribution is 5.91. The zero-order chi connectivity index (χ0) is 25.5. The average molecular weight is 490 g/mol. The quantitative estimate of drug-likeness (QED) is 0.374. The van der Waals surface area contributed by atoms with Crippen molar-refractivity contribution in [2.75, 3.05) is 6.61 Å². The summed E-state index contributed by atoms with van der Waals surface area (Å²) in [5.41, 5.74) is 0.647. The number of aliphatic carboxylic acids is 1. The lowest BCUT2D eigenvalue weighted by Gasteiger charge is -2.23. The predicted molar refractivity (Wildman–Crippen MR) is 124 cm³/mol. The largest absolute Gasteiger partial charge is 0.479 e. The van der Waals surface area contributed by atoms with E-state index in [1.165, 1.54) is 24.3 Å². The van der Waals surface area contributed by atoms with Crippen molar-refractivity contribution in [2.45, 2.75) is 24.4 Å². The van der Waals surface area contributed by atoms with Gasteiger partial charge in [0.1, 0.15) is 12.7 Å². The fraction of sp³-hybridized carbons (Fsp3) is 0.185. The Balaban J connectivity index is 1.58. The number of ether oxygens (including phenoxy) is 4. The van der Waals surface area contributed by atoms with E-state index in [2.05, 4.69) is 0 Å². The molecule has 9 nitrogen and oxygen atoms in total. The number of carbonyl (C=O) groups excluding carboxylic acids is 3. The molecule has 0 aromatic heterocycles. The fourth-order valence-corrected chi connectivity index (χ4v) is 3.68. The van der Waals surface area contributed by atoms with Crippen LogP contribution in [0.3, 0.4) is 0 Å². The van der Waals surface area contributed by atoms with Crippen molar-refractivity contribution in [3.63, 3.8) is 0 Å². The topological polar surface area (TPSA) is 125 Å². The summed E-state index contributed by atoms with van der Waals surface area (Å²) >= 11 is 0. The SMILES string of the molecule is O=C(OC[C@H]1O[C@@H](C(=O)O)[C@@H](OC(=O)c2ccccc2)[C@@H]1OC(=O)c1ccccc1)c1ccccc1. The van der Waals surface area contributed by atoms with E-state index in [0.717, 1.165) is 0 Å². The molecule has 1 N–H and O–H groups in total. The Morgan fingerprint density at radius 1 is 0.639 bits per heavy atom. The van der Waals surface area contributed by atoms with Crippen molar-refractivity contribution in [3.05, 3.63) is 108 Å². The van der Waals surface area contributed by atoms with E-state index in [-0.39, 0.29) is 16.7 Å². The molecule has 4 rings (SSSR count). The van der Waals surface area contributed by atoms with E-state index in [4.69, 9.17) is 18.9 Å². The minimum Gasteiger partial charge on any atom is -0.479 e. The molecular formula is C27H22O9. The fourth-order valence-electron chi connectivity index (χ4n) is 3.68. The first kappa shape index (κ1) is 24.6. The summed E-state index contributed by atoms with van der Waals surface area (Å²) in [7, 11) is 0. The minimum absolute atomic E-state index is 0.175. The highest BCUT2D eigenvalue weighted by atomic mass is 16.7. The molecule has 4 atom stereocenters. The zero-order valence-corrected chi connectivity index (χ0v) is 18.9. The first-order chi connectivity index (χ1) is 17.4. The average Bonchev–Trinajstić information content (AvgIpc) is 3.25. The molecule has 0 aliphatic carbocycles. The Morgan fingerprint density at radius 2 is 1.06 bits per heavy atom. The van der Waals surface area contributed by atoms with Crippen molar-refractivity contribution in [1.82, 2.24) is 0 Å². The van der Waals surface area contributed by atoms with Crippen LogP contribution in [-0.4, -0.2) is 60.0 Å². The van der Waals surface area contributed by atoms with Crippen molar-refractivity contribution >= 4 is 23.9 Å². The molecule has 3 aromatic rings.